The third-order valence-corrected chi connectivity index (χ3v) is 5.22. The Balaban J connectivity index is 1.46. The van der Waals surface area contributed by atoms with Crippen LogP contribution >= 0.6 is 0 Å². The Hall–Kier alpha value is -4.14. The van der Waals surface area contributed by atoms with Gasteiger partial charge in [0.15, 0.2) is 6.61 Å². The zero-order chi connectivity index (χ0) is 24.2. The van der Waals surface area contributed by atoms with Crippen LogP contribution in [0.3, 0.4) is 0 Å². The van der Waals surface area contributed by atoms with E-state index in [2.05, 4.69) is 15.3 Å². The summed E-state index contributed by atoms with van der Waals surface area (Å²) in [7, 11) is 0. The third-order valence-electron chi connectivity index (χ3n) is 5.22. The molecule has 9 heteroatoms. The van der Waals surface area contributed by atoms with Gasteiger partial charge in [0.05, 0.1) is 11.4 Å². The molecule has 2 aromatic carbocycles. The van der Waals surface area contributed by atoms with Crippen LogP contribution in [0.1, 0.15) is 36.7 Å². The van der Waals surface area contributed by atoms with Crippen LogP contribution in [0.4, 0.5) is 5.69 Å². The monoisotopic (exact) mass is 461 g/mol. The van der Waals surface area contributed by atoms with E-state index in [0.717, 1.165) is 11.1 Å². The van der Waals surface area contributed by atoms with E-state index in [1.165, 1.54) is 10.6 Å². The maximum absolute atomic E-state index is 12.6. The molecule has 0 unspecified atom stereocenters. The summed E-state index contributed by atoms with van der Waals surface area (Å²) in [5, 5.41) is 2.84. The number of nitrogens with one attached hydrogen (secondary N) is 1. The fourth-order valence-electron chi connectivity index (χ4n) is 3.48. The minimum atomic E-state index is -0.310. The first-order chi connectivity index (χ1) is 16.3. The SMILES string of the molecule is Cc1ccc(OCc2cc(=O)n3c(ncn3C(C)C)n2)c(NC(=O)COc2ccccc2C)c1. The van der Waals surface area contributed by atoms with Gasteiger partial charge >= 0.3 is 0 Å². The second kappa shape index (κ2) is 9.78. The number of benzene rings is 2. The number of amides is 1. The van der Waals surface area contributed by atoms with E-state index in [4.69, 9.17) is 9.47 Å². The molecule has 0 spiro atoms. The molecule has 9 nitrogen and oxygen atoms in total. The van der Waals surface area contributed by atoms with Crippen molar-refractivity contribution in [1.82, 2.24) is 19.2 Å². The molecule has 4 aromatic rings. The summed E-state index contributed by atoms with van der Waals surface area (Å²) >= 11 is 0. The fourth-order valence-corrected chi connectivity index (χ4v) is 3.48. The molecule has 0 fully saturated rings. The highest BCUT2D eigenvalue weighted by molar-refractivity contribution is 5.93. The largest absolute Gasteiger partial charge is 0.485 e. The Morgan fingerprint density at radius 2 is 1.85 bits per heavy atom. The van der Waals surface area contributed by atoms with E-state index in [0.29, 0.717) is 28.7 Å². The Morgan fingerprint density at radius 1 is 1.06 bits per heavy atom. The molecule has 0 radical (unpaired) electrons. The van der Waals surface area contributed by atoms with Crippen LogP contribution in [-0.2, 0) is 11.4 Å². The molecule has 2 heterocycles. The molecule has 1 N–H and O–H groups in total. The van der Waals surface area contributed by atoms with E-state index in [-0.39, 0.29) is 30.7 Å². The van der Waals surface area contributed by atoms with Gasteiger partial charge in [-0.15, -0.1) is 0 Å². The van der Waals surface area contributed by atoms with Crippen LogP contribution in [0.2, 0.25) is 0 Å². The van der Waals surface area contributed by atoms with Gasteiger partial charge in [-0.2, -0.15) is 9.50 Å². The molecule has 1 amide bonds. The first-order valence-corrected chi connectivity index (χ1v) is 11.0. The molecule has 176 valence electrons. The van der Waals surface area contributed by atoms with Gasteiger partial charge in [0.2, 0.25) is 0 Å². The second-order valence-electron chi connectivity index (χ2n) is 8.31. The zero-order valence-corrected chi connectivity index (χ0v) is 19.6. The van der Waals surface area contributed by atoms with Crippen LogP contribution in [0, 0.1) is 13.8 Å². The molecule has 0 saturated heterocycles. The quantitative estimate of drug-likeness (QED) is 0.430. The lowest BCUT2D eigenvalue weighted by atomic mass is 10.2. The lowest BCUT2D eigenvalue weighted by Crippen LogP contribution is -2.23. The van der Waals surface area contributed by atoms with Crippen LogP contribution in [-0.4, -0.2) is 31.7 Å². The van der Waals surface area contributed by atoms with Crippen molar-refractivity contribution >= 4 is 17.4 Å². The van der Waals surface area contributed by atoms with Crippen molar-refractivity contribution in [3.63, 3.8) is 0 Å². The van der Waals surface area contributed by atoms with Crippen molar-refractivity contribution in [2.24, 2.45) is 0 Å². The fraction of sp³-hybridized carbons (Fsp3) is 0.280. The summed E-state index contributed by atoms with van der Waals surface area (Å²) in [6, 6.07) is 14.5. The molecule has 0 bridgehead atoms. The first-order valence-electron chi connectivity index (χ1n) is 11.0. The number of anilines is 1. The Kier molecular flexibility index (Phi) is 6.62. The van der Waals surface area contributed by atoms with E-state index in [1.54, 1.807) is 17.1 Å². The number of aryl methyl sites for hydroxylation is 2. The number of rotatable bonds is 8. The van der Waals surface area contributed by atoms with Crippen LogP contribution in [0.25, 0.3) is 5.78 Å². The summed E-state index contributed by atoms with van der Waals surface area (Å²) in [6.45, 7) is 7.68. The first kappa shape index (κ1) is 23.0. The molecule has 4 rings (SSSR count). The molecule has 34 heavy (non-hydrogen) atoms. The predicted molar refractivity (Wildman–Crippen MR) is 128 cm³/mol. The molecule has 0 aliphatic rings. The average Bonchev–Trinajstić information content (AvgIpc) is 3.23. The highest BCUT2D eigenvalue weighted by Gasteiger charge is 2.13. The Bertz CT molecular complexity index is 1390. The normalized spacial score (nSPS) is 11.1. The van der Waals surface area contributed by atoms with Gasteiger partial charge in [-0.25, -0.2) is 4.98 Å². The van der Waals surface area contributed by atoms with E-state index in [9.17, 15) is 9.59 Å². The lowest BCUT2D eigenvalue weighted by Gasteiger charge is -2.14. The molecule has 0 saturated carbocycles. The highest BCUT2D eigenvalue weighted by Crippen LogP contribution is 2.26. The summed E-state index contributed by atoms with van der Waals surface area (Å²) in [4.78, 5) is 33.8. The van der Waals surface area contributed by atoms with Gasteiger partial charge in [-0.3, -0.25) is 14.3 Å². The third kappa shape index (κ3) is 5.09. The number of aromatic nitrogens is 4. The van der Waals surface area contributed by atoms with Crippen molar-refractivity contribution in [2.75, 3.05) is 11.9 Å². The average molecular weight is 462 g/mol. The van der Waals surface area contributed by atoms with E-state index in [1.807, 2.05) is 64.1 Å². The predicted octanol–water partition coefficient (Wildman–Crippen LogP) is 3.69. The van der Waals surface area contributed by atoms with Crippen LogP contribution < -0.4 is 20.3 Å². The lowest BCUT2D eigenvalue weighted by molar-refractivity contribution is -0.118. The number of carbonyl (C=O) groups excluding carboxylic acids is 1. The molecule has 0 aliphatic heterocycles. The minimum Gasteiger partial charge on any atom is -0.485 e. The van der Waals surface area contributed by atoms with Gasteiger partial charge < -0.3 is 14.8 Å². The maximum atomic E-state index is 12.6. The number of hydrogen-bond donors (Lipinski definition) is 1. The second-order valence-corrected chi connectivity index (χ2v) is 8.31. The summed E-state index contributed by atoms with van der Waals surface area (Å²) in [5.41, 5.74) is 2.63. The van der Waals surface area contributed by atoms with Crippen molar-refractivity contribution in [2.45, 2.75) is 40.3 Å². The summed E-state index contributed by atoms with van der Waals surface area (Å²) in [5.74, 6) is 1.12. The molecular weight excluding hydrogens is 434 g/mol. The number of carbonyl (C=O) groups is 1. The smallest absolute Gasteiger partial charge is 0.274 e. The van der Waals surface area contributed by atoms with Gasteiger partial charge in [0, 0.05) is 12.1 Å². The van der Waals surface area contributed by atoms with E-state index < -0.39 is 0 Å². The molecule has 0 aliphatic carbocycles. The number of fused-ring (bicyclic) bond motifs is 1. The van der Waals surface area contributed by atoms with Gasteiger partial charge in [0.25, 0.3) is 17.2 Å². The highest BCUT2D eigenvalue weighted by atomic mass is 16.5. The van der Waals surface area contributed by atoms with Crippen molar-refractivity contribution in [1.29, 1.82) is 0 Å². The number of hydrogen-bond acceptors (Lipinski definition) is 6. The summed E-state index contributed by atoms with van der Waals surface area (Å²) < 4.78 is 14.7. The van der Waals surface area contributed by atoms with Crippen molar-refractivity contribution < 1.29 is 14.3 Å². The van der Waals surface area contributed by atoms with Crippen LogP contribution in [0.5, 0.6) is 11.5 Å². The van der Waals surface area contributed by atoms with Gasteiger partial charge in [0.1, 0.15) is 24.4 Å². The standard InChI is InChI=1S/C25H27N5O4/c1-16(2)29-15-26-25-27-19(12-24(32)30(25)29)13-33-22-10-9-17(3)11-20(22)28-23(31)14-34-21-8-6-5-7-18(21)4/h5-12,15-16H,13-14H2,1-4H3,(H,28,31). The van der Waals surface area contributed by atoms with Crippen LogP contribution in [0.15, 0.2) is 59.7 Å². The maximum Gasteiger partial charge on any atom is 0.274 e. The molecule has 0 atom stereocenters. The van der Waals surface area contributed by atoms with Gasteiger partial charge in [-0.1, -0.05) is 24.3 Å². The Morgan fingerprint density at radius 3 is 2.62 bits per heavy atom. The van der Waals surface area contributed by atoms with Crippen molar-refractivity contribution in [3.8, 4) is 11.5 Å². The number of nitrogens with zero attached hydrogens (tertiary/aromatic N) is 4. The van der Waals surface area contributed by atoms with Crippen molar-refractivity contribution in [3.05, 3.63) is 82.0 Å². The minimum absolute atomic E-state index is 0.0475. The zero-order valence-electron chi connectivity index (χ0n) is 19.6. The molecular formula is C25H27N5O4. The summed E-state index contributed by atoms with van der Waals surface area (Å²) in [6.07, 6.45) is 1.59. The Labute approximate surface area is 197 Å². The number of para-hydroxylation sites is 1. The topological polar surface area (TPSA) is 99.8 Å². The van der Waals surface area contributed by atoms with E-state index >= 15 is 0 Å². The molecule has 2 aromatic heterocycles. The number of ether oxygens (including phenoxy) is 2. The van der Waals surface area contributed by atoms with Gasteiger partial charge in [-0.05, 0) is 57.0 Å².